The minimum absolute atomic E-state index is 0.113. The standard InChI is InChI=1S/C16H26N4O3/c1-13-5-4-6-15(16(13)20(22)23)18(3)11-14(21)12-19-9-7-17(2)8-10-19/h4-6,14,21H,7-12H2,1-3H3/t14-/m1/s1. The van der Waals surface area contributed by atoms with Crippen LogP contribution in [-0.2, 0) is 0 Å². The number of likely N-dealkylation sites (N-methyl/N-ethyl adjacent to an activating group) is 2. The zero-order chi connectivity index (χ0) is 17.0. The average Bonchev–Trinajstić information content (AvgIpc) is 2.48. The normalized spacial score (nSPS) is 17.9. The average molecular weight is 322 g/mol. The van der Waals surface area contributed by atoms with Gasteiger partial charge in [0, 0.05) is 51.9 Å². The molecule has 0 radical (unpaired) electrons. The molecule has 1 aromatic rings. The van der Waals surface area contributed by atoms with E-state index in [1.54, 1.807) is 37.1 Å². The number of aliphatic hydroxyl groups excluding tert-OH is 1. The van der Waals surface area contributed by atoms with E-state index in [9.17, 15) is 15.2 Å². The Hall–Kier alpha value is -1.70. The third-order valence-corrected chi connectivity index (χ3v) is 4.36. The molecule has 1 aliphatic heterocycles. The largest absolute Gasteiger partial charge is 0.390 e. The van der Waals surface area contributed by atoms with Crippen molar-refractivity contribution in [3.8, 4) is 0 Å². The Bertz CT molecular complexity index is 544. The molecule has 1 atom stereocenters. The summed E-state index contributed by atoms with van der Waals surface area (Å²) in [5.74, 6) is 0. The Balaban J connectivity index is 1.97. The van der Waals surface area contributed by atoms with Crippen molar-refractivity contribution in [2.45, 2.75) is 13.0 Å². The first-order chi connectivity index (χ1) is 10.9. The van der Waals surface area contributed by atoms with Crippen LogP contribution in [0.15, 0.2) is 18.2 Å². The molecule has 1 N–H and O–H groups in total. The Morgan fingerprint density at radius 1 is 1.35 bits per heavy atom. The van der Waals surface area contributed by atoms with E-state index in [0.29, 0.717) is 24.3 Å². The highest BCUT2D eigenvalue weighted by Gasteiger charge is 2.23. The second kappa shape index (κ2) is 7.72. The van der Waals surface area contributed by atoms with E-state index in [1.165, 1.54) is 0 Å². The van der Waals surface area contributed by atoms with Gasteiger partial charge in [0.1, 0.15) is 5.69 Å². The molecule has 1 aromatic carbocycles. The molecule has 0 aliphatic carbocycles. The summed E-state index contributed by atoms with van der Waals surface area (Å²) in [5, 5.41) is 21.6. The van der Waals surface area contributed by atoms with Crippen molar-refractivity contribution in [1.82, 2.24) is 9.80 Å². The van der Waals surface area contributed by atoms with Gasteiger partial charge in [-0.15, -0.1) is 0 Å². The van der Waals surface area contributed by atoms with Crippen molar-refractivity contribution >= 4 is 11.4 Å². The number of hydrogen-bond acceptors (Lipinski definition) is 6. The van der Waals surface area contributed by atoms with Gasteiger partial charge in [-0.3, -0.25) is 15.0 Å². The third-order valence-electron chi connectivity index (χ3n) is 4.36. The molecular weight excluding hydrogens is 296 g/mol. The first kappa shape index (κ1) is 17.7. The molecule has 0 unspecified atom stereocenters. The number of nitro groups is 1. The van der Waals surface area contributed by atoms with E-state index in [-0.39, 0.29) is 10.6 Å². The van der Waals surface area contributed by atoms with Crippen molar-refractivity contribution < 1.29 is 10.0 Å². The fraction of sp³-hybridized carbons (Fsp3) is 0.625. The summed E-state index contributed by atoms with van der Waals surface area (Å²) in [5.41, 5.74) is 1.29. The van der Waals surface area contributed by atoms with Crippen LogP contribution < -0.4 is 4.90 Å². The number of aryl methyl sites for hydroxylation is 1. The topological polar surface area (TPSA) is 73.1 Å². The number of anilines is 1. The third kappa shape index (κ3) is 4.63. The summed E-state index contributed by atoms with van der Waals surface area (Å²) in [6.07, 6.45) is -0.538. The number of β-amino-alcohol motifs (C(OH)–C–C–N with tert-alkyl or cyclic N) is 1. The van der Waals surface area contributed by atoms with E-state index in [2.05, 4.69) is 16.8 Å². The molecule has 1 heterocycles. The Labute approximate surface area is 137 Å². The molecule has 128 valence electrons. The highest BCUT2D eigenvalue weighted by Crippen LogP contribution is 2.30. The van der Waals surface area contributed by atoms with Gasteiger partial charge < -0.3 is 14.9 Å². The number of rotatable bonds is 6. The van der Waals surface area contributed by atoms with E-state index < -0.39 is 6.10 Å². The molecule has 0 amide bonds. The van der Waals surface area contributed by atoms with Crippen molar-refractivity contribution in [2.75, 3.05) is 58.3 Å². The number of para-hydroxylation sites is 1. The summed E-state index contributed by atoms with van der Waals surface area (Å²) in [6, 6.07) is 5.27. The molecule has 1 fully saturated rings. The minimum atomic E-state index is -0.538. The fourth-order valence-corrected chi connectivity index (χ4v) is 2.99. The van der Waals surface area contributed by atoms with Crippen LogP contribution in [0.25, 0.3) is 0 Å². The van der Waals surface area contributed by atoms with E-state index in [0.717, 1.165) is 26.2 Å². The molecule has 2 rings (SSSR count). The van der Waals surface area contributed by atoms with Gasteiger partial charge in [0.15, 0.2) is 0 Å². The Morgan fingerprint density at radius 3 is 2.61 bits per heavy atom. The molecule has 0 aromatic heterocycles. The molecule has 1 aliphatic rings. The van der Waals surface area contributed by atoms with Crippen LogP contribution >= 0.6 is 0 Å². The Morgan fingerprint density at radius 2 is 2.00 bits per heavy atom. The fourth-order valence-electron chi connectivity index (χ4n) is 2.99. The predicted molar refractivity (Wildman–Crippen MR) is 91.0 cm³/mol. The lowest BCUT2D eigenvalue weighted by molar-refractivity contribution is -0.384. The van der Waals surface area contributed by atoms with Crippen molar-refractivity contribution in [3.05, 3.63) is 33.9 Å². The van der Waals surface area contributed by atoms with E-state index in [4.69, 9.17) is 0 Å². The highest BCUT2D eigenvalue weighted by molar-refractivity contribution is 5.66. The van der Waals surface area contributed by atoms with Crippen LogP contribution in [0.3, 0.4) is 0 Å². The molecule has 7 nitrogen and oxygen atoms in total. The van der Waals surface area contributed by atoms with Gasteiger partial charge in [-0.05, 0) is 20.0 Å². The quantitative estimate of drug-likeness (QED) is 0.621. The lowest BCUT2D eigenvalue weighted by atomic mass is 10.1. The van der Waals surface area contributed by atoms with Crippen molar-refractivity contribution in [1.29, 1.82) is 0 Å². The first-order valence-corrected chi connectivity index (χ1v) is 7.92. The number of hydrogen-bond donors (Lipinski definition) is 1. The number of nitro benzene ring substituents is 1. The van der Waals surface area contributed by atoms with Crippen LogP contribution in [-0.4, -0.2) is 79.3 Å². The monoisotopic (exact) mass is 322 g/mol. The summed E-state index contributed by atoms with van der Waals surface area (Å²) in [6.45, 7) is 6.60. The number of piperazine rings is 1. The SMILES string of the molecule is Cc1cccc(N(C)C[C@@H](O)CN2CCN(C)CC2)c1[N+](=O)[O-]. The zero-order valence-electron chi connectivity index (χ0n) is 14.1. The number of benzene rings is 1. The molecule has 7 heteroatoms. The number of aliphatic hydroxyl groups is 1. The summed E-state index contributed by atoms with van der Waals surface area (Å²) >= 11 is 0. The molecule has 0 spiro atoms. The first-order valence-electron chi connectivity index (χ1n) is 7.92. The predicted octanol–water partition coefficient (Wildman–Crippen LogP) is 0.948. The van der Waals surface area contributed by atoms with Crippen molar-refractivity contribution in [3.63, 3.8) is 0 Å². The van der Waals surface area contributed by atoms with E-state index in [1.807, 2.05) is 0 Å². The smallest absolute Gasteiger partial charge is 0.295 e. The molecule has 1 saturated heterocycles. The maximum atomic E-state index is 11.3. The maximum absolute atomic E-state index is 11.3. The van der Waals surface area contributed by atoms with Gasteiger partial charge in [-0.2, -0.15) is 0 Å². The van der Waals surface area contributed by atoms with Crippen LogP contribution in [0, 0.1) is 17.0 Å². The van der Waals surface area contributed by atoms with Gasteiger partial charge in [-0.25, -0.2) is 0 Å². The molecule has 0 bridgehead atoms. The second-order valence-corrected chi connectivity index (χ2v) is 6.34. The minimum Gasteiger partial charge on any atom is -0.390 e. The van der Waals surface area contributed by atoms with Crippen LogP contribution in [0.5, 0.6) is 0 Å². The van der Waals surface area contributed by atoms with Crippen LogP contribution in [0.2, 0.25) is 0 Å². The van der Waals surface area contributed by atoms with Crippen LogP contribution in [0.4, 0.5) is 11.4 Å². The lowest BCUT2D eigenvalue weighted by Gasteiger charge is -2.34. The highest BCUT2D eigenvalue weighted by atomic mass is 16.6. The summed E-state index contributed by atoms with van der Waals surface area (Å²) in [7, 11) is 3.88. The summed E-state index contributed by atoms with van der Waals surface area (Å²) in [4.78, 5) is 17.2. The van der Waals surface area contributed by atoms with E-state index >= 15 is 0 Å². The van der Waals surface area contributed by atoms with Gasteiger partial charge in [0.05, 0.1) is 11.0 Å². The Kier molecular flexibility index (Phi) is 5.92. The molecule has 0 saturated carbocycles. The molecule has 23 heavy (non-hydrogen) atoms. The number of nitrogens with zero attached hydrogens (tertiary/aromatic N) is 4. The second-order valence-electron chi connectivity index (χ2n) is 6.34. The van der Waals surface area contributed by atoms with Crippen LogP contribution in [0.1, 0.15) is 5.56 Å². The van der Waals surface area contributed by atoms with Crippen molar-refractivity contribution in [2.24, 2.45) is 0 Å². The summed E-state index contributed by atoms with van der Waals surface area (Å²) < 4.78 is 0. The van der Waals surface area contributed by atoms with Gasteiger partial charge in [0.2, 0.25) is 0 Å². The van der Waals surface area contributed by atoms with Gasteiger partial charge in [0.25, 0.3) is 5.69 Å². The lowest BCUT2D eigenvalue weighted by Crippen LogP contribution is -2.48. The van der Waals surface area contributed by atoms with Gasteiger partial charge in [-0.1, -0.05) is 12.1 Å². The van der Waals surface area contributed by atoms with Gasteiger partial charge >= 0.3 is 0 Å². The molecular formula is C16H26N4O3. The zero-order valence-corrected chi connectivity index (χ0v) is 14.1. The maximum Gasteiger partial charge on any atom is 0.295 e.